The van der Waals surface area contributed by atoms with Crippen molar-refractivity contribution in [3.63, 3.8) is 0 Å². The molecule has 1 aromatic carbocycles. The van der Waals surface area contributed by atoms with Gasteiger partial charge in [0.1, 0.15) is 11.5 Å². The van der Waals surface area contributed by atoms with E-state index in [9.17, 15) is 3.89 Å². The van der Waals surface area contributed by atoms with Crippen molar-refractivity contribution in [2.45, 2.75) is 18.2 Å². The maximum Gasteiger partial charge on any atom is 0.138 e. The monoisotopic (exact) mass is 295 g/mol. The number of aromatic nitrogens is 1. The molecule has 0 radical (unpaired) electrons. The topological polar surface area (TPSA) is 22.1 Å². The second kappa shape index (κ2) is 6.21. The van der Waals surface area contributed by atoms with Crippen molar-refractivity contribution in [2.75, 3.05) is 7.11 Å². The summed E-state index contributed by atoms with van der Waals surface area (Å²) in [6.45, 7) is 5.80. The molecule has 2 rings (SSSR count). The molecule has 0 aliphatic heterocycles. The molecule has 0 N–H and O–H groups in total. The van der Waals surface area contributed by atoms with Crippen LogP contribution in [0, 0.1) is 6.92 Å². The lowest BCUT2D eigenvalue weighted by atomic mass is 10.1. The second-order valence-corrected chi connectivity index (χ2v) is 5.66. The van der Waals surface area contributed by atoms with Crippen LogP contribution in [0.1, 0.15) is 21.8 Å². The van der Waals surface area contributed by atoms with Gasteiger partial charge in [-0.05, 0) is 30.2 Å². The molecule has 0 fully saturated rings. The average Bonchev–Trinajstić information content (AvgIpc) is 2.89. The van der Waals surface area contributed by atoms with Crippen LogP contribution in [-0.4, -0.2) is 12.1 Å². The molecule has 0 amide bonds. The van der Waals surface area contributed by atoms with Gasteiger partial charge < -0.3 is 4.74 Å². The van der Waals surface area contributed by atoms with Crippen LogP contribution in [0.5, 0.6) is 0 Å². The molecule has 0 unspecified atom stereocenters. The fourth-order valence-corrected chi connectivity index (χ4v) is 2.80. The minimum absolute atomic E-state index is 0.265. The quantitative estimate of drug-likeness (QED) is 0.750. The Morgan fingerprint density at radius 1 is 1.53 bits per heavy atom. The summed E-state index contributed by atoms with van der Waals surface area (Å²) in [5.74, 6) is 0.562. The smallest absolute Gasteiger partial charge is 0.138 e. The number of hydrogen-bond acceptors (Lipinski definition) is 4. The number of aryl methyl sites for hydroxylation is 1. The summed E-state index contributed by atoms with van der Waals surface area (Å²) in [7, 11) is 1.58. The van der Waals surface area contributed by atoms with Gasteiger partial charge >= 0.3 is 0 Å². The van der Waals surface area contributed by atoms with Crippen molar-refractivity contribution in [3.8, 4) is 0 Å². The Balaban J connectivity index is 2.21. The van der Waals surface area contributed by atoms with Crippen LogP contribution in [0.25, 0.3) is 5.76 Å². The Hall–Kier alpha value is -1.33. The molecular formula is C14H14FNOS2. The van der Waals surface area contributed by atoms with Gasteiger partial charge in [-0.1, -0.05) is 12.6 Å². The summed E-state index contributed by atoms with van der Waals surface area (Å²) in [4.78, 5) is 5.09. The van der Waals surface area contributed by atoms with Crippen molar-refractivity contribution in [2.24, 2.45) is 0 Å². The minimum Gasteiger partial charge on any atom is -0.495 e. The van der Waals surface area contributed by atoms with E-state index in [1.54, 1.807) is 24.5 Å². The van der Waals surface area contributed by atoms with Crippen molar-refractivity contribution in [3.05, 3.63) is 52.0 Å². The molecule has 0 aliphatic rings. The number of benzene rings is 1. The summed E-state index contributed by atoms with van der Waals surface area (Å²) in [6, 6.07) is 5.58. The first-order valence-corrected chi connectivity index (χ1v) is 7.29. The van der Waals surface area contributed by atoms with Crippen LogP contribution < -0.4 is 0 Å². The molecular weight excluding hydrogens is 281 g/mol. The highest BCUT2D eigenvalue weighted by molar-refractivity contribution is 7.94. The Morgan fingerprint density at radius 3 is 3.00 bits per heavy atom. The van der Waals surface area contributed by atoms with Gasteiger partial charge in [0.05, 0.1) is 24.3 Å². The Kier molecular flexibility index (Phi) is 4.61. The molecule has 0 bridgehead atoms. The summed E-state index contributed by atoms with van der Waals surface area (Å²) in [6.07, 6.45) is 0.696. The molecule has 1 heterocycles. The van der Waals surface area contributed by atoms with E-state index >= 15 is 0 Å². The molecule has 2 aromatic rings. The second-order valence-electron chi connectivity index (χ2n) is 4.10. The predicted octanol–water partition coefficient (Wildman–Crippen LogP) is 4.64. The van der Waals surface area contributed by atoms with Crippen LogP contribution in [0.2, 0.25) is 0 Å². The predicted molar refractivity (Wildman–Crippen MR) is 79.1 cm³/mol. The molecule has 0 saturated heterocycles. The average molecular weight is 295 g/mol. The lowest BCUT2D eigenvalue weighted by molar-refractivity contribution is 0.370. The third-order valence-corrected chi connectivity index (χ3v) is 4.12. The van der Waals surface area contributed by atoms with Gasteiger partial charge in [-0.15, -0.1) is 11.3 Å². The molecule has 19 heavy (non-hydrogen) atoms. The molecule has 0 spiro atoms. The maximum atomic E-state index is 12.6. The van der Waals surface area contributed by atoms with Crippen molar-refractivity contribution < 1.29 is 8.62 Å². The highest BCUT2D eigenvalue weighted by Crippen LogP contribution is 2.25. The van der Waals surface area contributed by atoms with Gasteiger partial charge in [-0.25, -0.2) is 4.98 Å². The van der Waals surface area contributed by atoms with Gasteiger partial charge in [0.25, 0.3) is 0 Å². The molecule has 1 aromatic heterocycles. The van der Waals surface area contributed by atoms with Gasteiger partial charge in [-0.2, -0.15) is 3.89 Å². The number of methoxy groups -OCH3 is 1. The Bertz CT molecular complexity index is 595. The first kappa shape index (κ1) is 14.1. The van der Waals surface area contributed by atoms with Gasteiger partial charge in [0, 0.05) is 16.7 Å². The first-order chi connectivity index (χ1) is 9.13. The first-order valence-electron chi connectivity index (χ1n) is 5.70. The zero-order valence-corrected chi connectivity index (χ0v) is 12.4. The normalized spacial score (nSPS) is 10.5. The molecule has 5 heteroatoms. The maximum absolute atomic E-state index is 12.6. The molecule has 0 aliphatic carbocycles. The fraction of sp³-hybridized carbons (Fsp3) is 0.214. The number of rotatable bonds is 5. The van der Waals surface area contributed by atoms with Crippen LogP contribution in [0.3, 0.4) is 0 Å². The molecule has 0 saturated carbocycles. The van der Waals surface area contributed by atoms with Crippen molar-refractivity contribution >= 4 is 29.2 Å². The van der Waals surface area contributed by atoms with E-state index in [0.717, 1.165) is 21.8 Å². The van der Waals surface area contributed by atoms with Crippen molar-refractivity contribution in [1.82, 2.24) is 4.98 Å². The fourth-order valence-electron chi connectivity index (χ4n) is 1.67. The summed E-state index contributed by atoms with van der Waals surface area (Å²) < 4.78 is 17.7. The highest BCUT2D eigenvalue weighted by Gasteiger charge is 2.08. The van der Waals surface area contributed by atoms with E-state index in [-0.39, 0.29) is 12.1 Å². The highest BCUT2D eigenvalue weighted by atomic mass is 32.2. The third-order valence-electron chi connectivity index (χ3n) is 2.84. The number of nitrogens with zero attached hydrogens (tertiary/aromatic N) is 1. The van der Waals surface area contributed by atoms with Crippen molar-refractivity contribution in [1.29, 1.82) is 0 Å². The zero-order valence-electron chi connectivity index (χ0n) is 10.8. The lowest BCUT2D eigenvalue weighted by Crippen LogP contribution is -1.93. The standard InChI is InChI=1S/C14H14FNOS2/c1-9-4-5-12(19-15)6-11(9)7-14-16-13(8-18-14)10(2)17-3/h4-6,8H,2,7H2,1,3H3. The number of thiazole rings is 1. The van der Waals surface area contributed by atoms with Gasteiger partial charge in [0.2, 0.25) is 0 Å². The van der Waals surface area contributed by atoms with Crippen LogP contribution in [0.15, 0.2) is 35.1 Å². The summed E-state index contributed by atoms with van der Waals surface area (Å²) in [5, 5.41) is 2.89. The zero-order chi connectivity index (χ0) is 13.8. The van der Waals surface area contributed by atoms with E-state index in [4.69, 9.17) is 4.74 Å². The van der Waals surface area contributed by atoms with Gasteiger partial charge in [-0.3, -0.25) is 0 Å². The SMILES string of the molecule is C=C(OC)c1csc(Cc2cc(SF)ccc2C)n1. The number of halogens is 1. The largest absolute Gasteiger partial charge is 0.495 e. The van der Waals surface area contributed by atoms with Crippen LogP contribution >= 0.6 is 23.5 Å². The summed E-state index contributed by atoms with van der Waals surface area (Å²) >= 11 is 1.82. The Labute approximate surface area is 120 Å². The van der Waals surface area contributed by atoms with E-state index in [0.29, 0.717) is 17.1 Å². The Morgan fingerprint density at radius 2 is 2.32 bits per heavy atom. The summed E-state index contributed by atoms with van der Waals surface area (Å²) in [5.41, 5.74) is 2.99. The number of hydrogen-bond donors (Lipinski definition) is 0. The van der Waals surface area contributed by atoms with E-state index in [1.165, 1.54) is 0 Å². The lowest BCUT2D eigenvalue weighted by Gasteiger charge is -2.05. The van der Waals surface area contributed by atoms with E-state index < -0.39 is 0 Å². The van der Waals surface area contributed by atoms with Gasteiger partial charge in [0.15, 0.2) is 0 Å². The molecule has 2 nitrogen and oxygen atoms in total. The van der Waals surface area contributed by atoms with Crippen LogP contribution in [0.4, 0.5) is 3.89 Å². The number of ether oxygens (including phenoxy) is 1. The minimum atomic E-state index is 0.265. The molecule has 0 atom stereocenters. The van der Waals surface area contributed by atoms with Crippen LogP contribution in [-0.2, 0) is 11.2 Å². The molecule has 100 valence electrons. The van der Waals surface area contributed by atoms with E-state index in [1.807, 2.05) is 24.4 Å². The van der Waals surface area contributed by atoms with E-state index in [2.05, 4.69) is 11.6 Å². The third kappa shape index (κ3) is 3.36.